The number of ether oxygens (including phenoxy) is 1. The lowest BCUT2D eigenvalue weighted by Crippen LogP contribution is -2.41. The quantitative estimate of drug-likeness (QED) is 0.653. The fourth-order valence-electron chi connectivity index (χ4n) is 3.15. The lowest BCUT2D eigenvalue weighted by molar-refractivity contribution is -0.116. The predicted octanol–water partition coefficient (Wildman–Crippen LogP) is 3.95. The molecular weight excluding hydrogens is 410 g/mol. The van der Waals surface area contributed by atoms with E-state index in [9.17, 15) is 4.79 Å². The van der Waals surface area contributed by atoms with Crippen LogP contribution < -0.4 is 15.5 Å². The van der Waals surface area contributed by atoms with Crippen LogP contribution in [-0.4, -0.2) is 33.1 Å². The van der Waals surface area contributed by atoms with Crippen LogP contribution in [0.4, 0.5) is 5.69 Å². The van der Waals surface area contributed by atoms with Gasteiger partial charge in [0.25, 0.3) is 0 Å². The van der Waals surface area contributed by atoms with Crippen LogP contribution in [0.1, 0.15) is 23.0 Å². The molecule has 7 nitrogen and oxygen atoms in total. The molecule has 3 aromatic rings. The molecule has 1 amide bonds. The van der Waals surface area contributed by atoms with Gasteiger partial charge in [-0.15, -0.1) is 10.2 Å². The molecule has 0 radical (unpaired) electrons. The number of aryl methyl sites for hydroxylation is 2. The molecule has 1 aliphatic rings. The molecule has 0 aliphatic carbocycles. The lowest BCUT2D eigenvalue weighted by atomic mass is 10.0. The first-order chi connectivity index (χ1) is 14.0. The number of amides is 1. The fourth-order valence-corrected chi connectivity index (χ4v) is 4.45. The Morgan fingerprint density at radius 1 is 1.21 bits per heavy atom. The van der Waals surface area contributed by atoms with Crippen LogP contribution in [0.3, 0.4) is 0 Å². The highest BCUT2D eigenvalue weighted by Gasteiger charge is 2.37. The minimum absolute atomic E-state index is 0.138. The summed E-state index contributed by atoms with van der Waals surface area (Å²) in [6.07, 6.45) is 0. The summed E-state index contributed by atoms with van der Waals surface area (Å²) in [5, 5.41) is 12.1. The Kier molecular flexibility index (Phi) is 5.38. The van der Waals surface area contributed by atoms with Gasteiger partial charge in [0.2, 0.25) is 11.1 Å². The predicted molar refractivity (Wildman–Crippen MR) is 114 cm³/mol. The number of hydrogen-bond donors (Lipinski definition) is 2. The van der Waals surface area contributed by atoms with E-state index in [0.29, 0.717) is 15.9 Å². The first kappa shape index (κ1) is 19.6. The van der Waals surface area contributed by atoms with Crippen molar-refractivity contribution in [3.8, 4) is 5.75 Å². The summed E-state index contributed by atoms with van der Waals surface area (Å²) in [4.78, 5) is 13.3. The van der Waals surface area contributed by atoms with Gasteiger partial charge in [0, 0.05) is 10.7 Å². The first-order valence-corrected chi connectivity index (χ1v) is 10.3. The largest absolute Gasteiger partial charge is 0.497 e. The Hall–Kier alpha value is -2.71. The highest BCUT2D eigenvalue weighted by atomic mass is 35.5. The Labute approximate surface area is 177 Å². The zero-order valence-electron chi connectivity index (χ0n) is 16.1. The van der Waals surface area contributed by atoms with E-state index >= 15 is 0 Å². The van der Waals surface area contributed by atoms with E-state index in [2.05, 4.69) is 20.9 Å². The van der Waals surface area contributed by atoms with Gasteiger partial charge in [0.05, 0.1) is 13.2 Å². The van der Waals surface area contributed by atoms with Crippen molar-refractivity contribution in [2.75, 3.05) is 17.9 Å². The molecule has 1 aromatic heterocycles. The Bertz CT molecular complexity index is 1050. The third-order valence-corrected chi connectivity index (χ3v) is 6.24. The molecule has 150 valence electrons. The van der Waals surface area contributed by atoms with Crippen molar-refractivity contribution in [2.45, 2.75) is 30.3 Å². The number of nitrogens with one attached hydrogen (secondary N) is 2. The summed E-state index contributed by atoms with van der Waals surface area (Å²) in [5.41, 5.74) is 5.98. The number of aromatic nitrogens is 3. The van der Waals surface area contributed by atoms with Gasteiger partial charge < -0.3 is 15.5 Å². The smallest absolute Gasteiger partial charge is 0.240 e. The molecule has 0 spiro atoms. The van der Waals surface area contributed by atoms with Crippen LogP contribution in [0.5, 0.6) is 5.75 Å². The van der Waals surface area contributed by atoms with Crippen LogP contribution >= 0.6 is 23.4 Å². The summed E-state index contributed by atoms with van der Waals surface area (Å²) in [5.74, 6) is 1.35. The number of thioether (sulfide) groups is 1. The van der Waals surface area contributed by atoms with E-state index in [-0.39, 0.29) is 11.9 Å². The lowest BCUT2D eigenvalue weighted by Gasteiger charge is -2.33. The molecule has 2 aromatic carbocycles. The van der Waals surface area contributed by atoms with Crippen LogP contribution in [0.15, 0.2) is 47.6 Å². The van der Waals surface area contributed by atoms with E-state index in [0.717, 1.165) is 22.7 Å². The topological polar surface area (TPSA) is 81.1 Å². The van der Waals surface area contributed by atoms with E-state index in [1.165, 1.54) is 11.8 Å². The molecule has 1 aliphatic heterocycles. The average molecular weight is 430 g/mol. The molecule has 2 heterocycles. The number of halogens is 1. The zero-order chi connectivity index (χ0) is 20.5. The van der Waals surface area contributed by atoms with E-state index < -0.39 is 5.25 Å². The maximum Gasteiger partial charge on any atom is 0.240 e. The third kappa shape index (κ3) is 3.90. The summed E-state index contributed by atoms with van der Waals surface area (Å²) in [6, 6.07) is 12.8. The van der Waals surface area contributed by atoms with Gasteiger partial charge >= 0.3 is 0 Å². The maximum atomic E-state index is 13.3. The van der Waals surface area contributed by atoms with Crippen LogP contribution in [0.2, 0.25) is 5.02 Å². The zero-order valence-corrected chi connectivity index (χ0v) is 17.7. The molecule has 2 atom stereocenters. The molecule has 0 saturated carbocycles. The second kappa shape index (κ2) is 7.96. The Morgan fingerprint density at radius 3 is 2.69 bits per heavy atom. The van der Waals surface area contributed by atoms with Crippen molar-refractivity contribution in [2.24, 2.45) is 0 Å². The van der Waals surface area contributed by atoms with E-state index in [1.54, 1.807) is 19.2 Å². The van der Waals surface area contributed by atoms with Gasteiger partial charge in [-0.25, -0.2) is 4.68 Å². The number of benzene rings is 2. The van der Waals surface area contributed by atoms with Crippen molar-refractivity contribution in [3.63, 3.8) is 0 Å². The highest BCUT2D eigenvalue weighted by Crippen LogP contribution is 2.38. The van der Waals surface area contributed by atoms with Crippen molar-refractivity contribution in [1.82, 2.24) is 14.9 Å². The number of carbonyl (C=O) groups excluding carboxylic acids is 1. The van der Waals surface area contributed by atoms with Crippen LogP contribution in [0, 0.1) is 13.8 Å². The van der Waals surface area contributed by atoms with Crippen LogP contribution in [-0.2, 0) is 4.79 Å². The molecule has 29 heavy (non-hydrogen) atoms. The molecule has 0 saturated heterocycles. The van der Waals surface area contributed by atoms with Gasteiger partial charge in [0.15, 0.2) is 0 Å². The first-order valence-electron chi connectivity index (χ1n) is 9.02. The Morgan fingerprint density at radius 2 is 1.97 bits per heavy atom. The molecule has 2 N–H and O–H groups in total. The average Bonchev–Trinajstić information content (AvgIpc) is 3.10. The van der Waals surface area contributed by atoms with E-state index in [1.807, 2.05) is 48.9 Å². The summed E-state index contributed by atoms with van der Waals surface area (Å²) in [6.45, 7) is 3.80. The second-order valence-corrected chi connectivity index (χ2v) is 8.28. The van der Waals surface area contributed by atoms with Crippen molar-refractivity contribution in [3.05, 3.63) is 64.4 Å². The normalized spacial score (nSPS) is 17.9. The van der Waals surface area contributed by atoms with Crippen molar-refractivity contribution < 1.29 is 9.53 Å². The van der Waals surface area contributed by atoms with Gasteiger partial charge in [-0.05, 0) is 49.2 Å². The standard InChI is InChI=1S/C20H20ClN5O2S/c1-11-4-7-14(21)10-16(11)22-19(27)18-17(13-5-8-15(28-3)9-6-13)25-26-12(2)23-24-20(26)29-18/h4-10,17-18,25H,1-3H3,(H,22,27)/t17-,18-/m0/s1. The molecular formula is C20H20ClN5O2S. The minimum atomic E-state index is -0.460. The SMILES string of the molecule is COc1ccc([C@@H]2Nn3c(C)nnc3S[C@@H]2C(=O)Nc2cc(Cl)ccc2C)cc1. The summed E-state index contributed by atoms with van der Waals surface area (Å²) < 4.78 is 7.07. The molecule has 0 unspecified atom stereocenters. The number of rotatable bonds is 4. The number of hydrogen-bond acceptors (Lipinski definition) is 6. The van der Waals surface area contributed by atoms with Crippen molar-refractivity contribution >= 4 is 35.0 Å². The van der Waals surface area contributed by atoms with E-state index in [4.69, 9.17) is 16.3 Å². The summed E-state index contributed by atoms with van der Waals surface area (Å²) in [7, 11) is 1.63. The van der Waals surface area contributed by atoms with Crippen LogP contribution in [0.25, 0.3) is 0 Å². The number of carbonyl (C=O) groups is 1. The highest BCUT2D eigenvalue weighted by molar-refractivity contribution is 8.00. The molecule has 0 bridgehead atoms. The summed E-state index contributed by atoms with van der Waals surface area (Å²) >= 11 is 7.49. The van der Waals surface area contributed by atoms with Gasteiger partial charge in [-0.3, -0.25) is 4.79 Å². The van der Waals surface area contributed by atoms with Gasteiger partial charge in [0.1, 0.15) is 16.8 Å². The number of anilines is 1. The maximum absolute atomic E-state index is 13.3. The number of methoxy groups -OCH3 is 1. The van der Waals surface area contributed by atoms with Gasteiger partial charge in [-0.2, -0.15) is 0 Å². The fraction of sp³-hybridized carbons (Fsp3) is 0.250. The third-order valence-electron chi connectivity index (χ3n) is 4.79. The minimum Gasteiger partial charge on any atom is -0.497 e. The molecule has 9 heteroatoms. The second-order valence-electron chi connectivity index (χ2n) is 6.73. The number of nitrogens with zero attached hydrogens (tertiary/aromatic N) is 3. The van der Waals surface area contributed by atoms with Crippen molar-refractivity contribution in [1.29, 1.82) is 0 Å². The molecule has 4 rings (SSSR count). The monoisotopic (exact) mass is 429 g/mol. The number of fused-ring (bicyclic) bond motifs is 1. The van der Waals surface area contributed by atoms with Gasteiger partial charge in [-0.1, -0.05) is 41.6 Å². The Balaban J connectivity index is 1.67. The molecule has 0 fully saturated rings.